The fourth-order valence-electron chi connectivity index (χ4n) is 2.19. The molecule has 1 aliphatic heterocycles. The smallest absolute Gasteiger partial charge is 0.251 e. The van der Waals surface area contributed by atoms with Crippen molar-refractivity contribution in [2.24, 2.45) is 0 Å². The summed E-state index contributed by atoms with van der Waals surface area (Å²) in [6.45, 7) is 1.88. The zero-order valence-electron chi connectivity index (χ0n) is 11.3. The van der Waals surface area contributed by atoms with E-state index in [0.717, 1.165) is 25.9 Å². The number of carbonyl (C=O) groups is 1. The molecule has 1 saturated heterocycles. The molecule has 0 radical (unpaired) electrons. The van der Waals surface area contributed by atoms with Gasteiger partial charge in [0.15, 0.2) is 5.82 Å². The summed E-state index contributed by atoms with van der Waals surface area (Å²) < 4.78 is 1.42. The van der Waals surface area contributed by atoms with Crippen LogP contribution in [0.15, 0.2) is 24.7 Å². The highest BCUT2D eigenvalue weighted by molar-refractivity contribution is 5.94. The van der Waals surface area contributed by atoms with E-state index in [1.807, 2.05) is 0 Å². The molecule has 0 aliphatic carbocycles. The van der Waals surface area contributed by atoms with Crippen LogP contribution in [0.1, 0.15) is 23.2 Å². The van der Waals surface area contributed by atoms with Crippen LogP contribution >= 0.6 is 12.4 Å². The molecule has 2 aromatic heterocycles. The first-order chi connectivity index (χ1) is 9.83. The number of aromatic nitrogens is 5. The van der Waals surface area contributed by atoms with Crippen molar-refractivity contribution in [3.63, 3.8) is 0 Å². The van der Waals surface area contributed by atoms with E-state index in [1.165, 1.54) is 11.0 Å². The maximum Gasteiger partial charge on any atom is 0.251 e. The summed E-state index contributed by atoms with van der Waals surface area (Å²) in [5.41, 5.74) is 0.559. The predicted molar refractivity (Wildman–Crippen MR) is 77.6 cm³/mol. The van der Waals surface area contributed by atoms with Gasteiger partial charge in [-0.25, -0.2) is 4.98 Å². The van der Waals surface area contributed by atoms with Crippen LogP contribution in [0.4, 0.5) is 0 Å². The number of pyridine rings is 1. The first-order valence-corrected chi connectivity index (χ1v) is 6.54. The molecule has 0 saturated carbocycles. The Labute approximate surface area is 127 Å². The van der Waals surface area contributed by atoms with Crippen molar-refractivity contribution in [2.75, 3.05) is 13.1 Å². The second kappa shape index (κ2) is 7.09. The molecule has 112 valence electrons. The van der Waals surface area contributed by atoms with Crippen molar-refractivity contribution >= 4 is 18.3 Å². The monoisotopic (exact) mass is 309 g/mol. The molecule has 1 aliphatic rings. The van der Waals surface area contributed by atoms with E-state index in [0.29, 0.717) is 11.4 Å². The lowest BCUT2D eigenvalue weighted by Gasteiger charge is -2.23. The van der Waals surface area contributed by atoms with E-state index >= 15 is 0 Å². The molecule has 2 aromatic rings. The summed E-state index contributed by atoms with van der Waals surface area (Å²) in [5, 5.41) is 17.2. The van der Waals surface area contributed by atoms with Gasteiger partial charge < -0.3 is 10.6 Å². The molecular formula is C12H16ClN7O. The third-order valence-electron chi connectivity index (χ3n) is 3.27. The number of hydrogen-bond acceptors (Lipinski definition) is 6. The number of carbonyl (C=O) groups excluding carboxylic acids is 1. The van der Waals surface area contributed by atoms with Crippen LogP contribution in [0.5, 0.6) is 0 Å². The minimum atomic E-state index is -0.0892. The van der Waals surface area contributed by atoms with Gasteiger partial charge in [-0.2, -0.15) is 4.68 Å². The molecule has 1 fully saturated rings. The minimum absolute atomic E-state index is 0. The van der Waals surface area contributed by atoms with Crippen LogP contribution in [0.25, 0.3) is 5.82 Å². The molecule has 2 N–H and O–H groups in total. The van der Waals surface area contributed by atoms with E-state index in [1.54, 1.807) is 18.3 Å². The van der Waals surface area contributed by atoms with Gasteiger partial charge in [-0.3, -0.25) is 4.79 Å². The van der Waals surface area contributed by atoms with Gasteiger partial charge in [0, 0.05) is 17.8 Å². The van der Waals surface area contributed by atoms with E-state index in [9.17, 15) is 4.79 Å². The molecule has 9 heteroatoms. The predicted octanol–water partition coefficient (Wildman–Crippen LogP) is -0.0391. The second-order valence-electron chi connectivity index (χ2n) is 4.65. The molecule has 0 spiro atoms. The number of nitrogens with zero attached hydrogens (tertiary/aromatic N) is 5. The van der Waals surface area contributed by atoms with Gasteiger partial charge >= 0.3 is 0 Å². The Bertz CT molecular complexity index is 583. The third-order valence-corrected chi connectivity index (χ3v) is 3.27. The fourth-order valence-corrected chi connectivity index (χ4v) is 2.19. The molecular weight excluding hydrogens is 294 g/mol. The Morgan fingerprint density at radius 1 is 1.38 bits per heavy atom. The quantitative estimate of drug-likeness (QED) is 0.826. The van der Waals surface area contributed by atoms with Gasteiger partial charge in [-0.05, 0) is 48.5 Å². The van der Waals surface area contributed by atoms with Gasteiger partial charge in [-0.15, -0.1) is 17.5 Å². The number of hydrogen-bond donors (Lipinski definition) is 2. The summed E-state index contributed by atoms with van der Waals surface area (Å²) in [5.74, 6) is 0.432. The van der Waals surface area contributed by atoms with Crippen molar-refractivity contribution in [1.29, 1.82) is 0 Å². The van der Waals surface area contributed by atoms with Crippen LogP contribution in [0.3, 0.4) is 0 Å². The van der Waals surface area contributed by atoms with Gasteiger partial charge in [0.05, 0.1) is 0 Å². The molecule has 21 heavy (non-hydrogen) atoms. The van der Waals surface area contributed by atoms with Gasteiger partial charge in [0.2, 0.25) is 0 Å². The van der Waals surface area contributed by atoms with Gasteiger partial charge in [0.1, 0.15) is 6.33 Å². The largest absolute Gasteiger partial charge is 0.349 e. The van der Waals surface area contributed by atoms with Crippen LogP contribution in [-0.2, 0) is 0 Å². The SMILES string of the molecule is Cl.O=C(NC1CCNCC1)c1ccnc(-n2cnnn2)c1. The maximum atomic E-state index is 12.2. The van der Waals surface area contributed by atoms with E-state index < -0.39 is 0 Å². The molecule has 0 bridgehead atoms. The highest BCUT2D eigenvalue weighted by atomic mass is 35.5. The van der Waals surface area contributed by atoms with Crippen molar-refractivity contribution in [2.45, 2.75) is 18.9 Å². The molecule has 3 heterocycles. The molecule has 8 nitrogen and oxygen atoms in total. The number of tetrazole rings is 1. The Morgan fingerprint density at radius 2 is 2.19 bits per heavy atom. The summed E-state index contributed by atoms with van der Waals surface area (Å²) in [6.07, 6.45) is 4.93. The van der Waals surface area contributed by atoms with Crippen LogP contribution in [0.2, 0.25) is 0 Å². The number of piperidine rings is 1. The van der Waals surface area contributed by atoms with E-state index in [4.69, 9.17) is 0 Å². The Hall–Kier alpha value is -2.06. The number of amides is 1. The first-order valence-electron chi connectivity index (χ1n) is 6.54. The molecule has 3 rings (SSSR count). The first kappa shape index (κ1) is 15.3. The maximum absolute atomic E-state index is 12.2. The zero-order chi connectivity index (χ0) is 13.8. The summed E-state index contributed by atoms with van der Waals surface area (Å²) in [6, 6.07) is 3.59. The lowest BCUT2D eigenvalue weighted by atomic mass is 10.1. The van der Waals surface area contributed by atoms with Crippen LogP contribution < -0.4 is 10.6 Å². The summed E-state index contributed by atoms with van der Waals surface area (Å²) >= 11 is 0. The zero-order valence-corrected chi connectivity index (χ0v) is 12.1. The summed E-state index contributed by atoms with van der Waals surface area (Å²) in [7, 11) is 0. The number of nitrogens with one attached hydrogen (secondary N) is 2. The van der Waals surface area contributed by atoms with Crippen LogP contribution in [0, 0.1) is 0 Å². The highest BCUT2D eigenvalue weighted by Crippen LogP contribution is 2.08. The van der Waals surface area contributed by atoms with Crippen molar-refractivity contribution in [3.05, 3.63) is 30.2 Å². The molecule has 0 unspecified atom stereocenters. The number of rotatable bonds is 3. The molecule has 0 aromatic carbocycles. The Balaban J connectivity index is 0.00000161. The van der Waals surface area contributed by atoms with Crippen LogP contribution in [-0.4, -0.2) is 50.2 Å². The normalized spacial score (nSPS) is 15.2. The lowest BCUT2D eigenvalue weighted by molar-refractivity contribution is 0.0929. The van der Waals surface area contributed by atoms with Crippen molar-refractivity contribution < 1.29 is 4.79 Å². The van der Waals surface area contributed by atoms with E-state index in [2.05, 4.69) is 31.1 Å². The minimum Gasteiger partial charge on any atom is -0.349 e. The lowest BCUT2D eigenvalue weighted by Crippen LogP contribution is -2.42. The number of halogens is 1. The average molecular weight is 310 g/mol. The standard InChI is InChI=1S/C12H15N7O.ClH/c20-12(16-10-2-4-13-5-3-10)9-1-6-14-11(7-9)19-8-15-17-18-19;/h1,6-8,10,13H,2-5H2,(H,16,20);1H. The Kier molecular flexibility index (Phi) is 5.18. The highest BCUT2D eigenvalue weighted by Gasteiger charge is 2.16. The average Bonchev–Trinajstić information content (AvgIpc) is 3.03. The fraction of sp³-hybridized carbons (Fsp3) is 0.417. The van der Waals surface area contributed by atoms with Crippen molar-refractivity contribution in [3.8, 4) is 5.82 Å². The molecule has 0 atom stereocenters. The van der Waals surface area contributed by atoms with E-state index in [-0.39, 0.29) is 24.4 Å². The van der Waals surface area contributed by atoms with Gasteiger partial charge in [0.25, 0.3) is 5.91 Å². The molecule has 1 amide bonds. The summed E-state index contributed by atoms with van der Waals surface area (Å²) in [4.78, 5) is 16.4. The second-order valence-corrected chi connectivity index (χ2v) is 4.65. The van der Waals surface area contributed by atoms with Gasteiger partial charge in [-0.1, -0.05) is 0 Å². The topological polar surface area (TPSA) is 97.6 Å². The van der Waals surface area contributed by atoms with Crippen molar-refractivity contribution in [1.82, 2.24) is 35.8 Å². The third kappa shape index (κ3) is 3.73. The Morgan fingerprint density at radius 3 is 2.90 bits per heavy atom.